The number of likely N-dealkylation sites (tertiary alicyclic amines) is 1. The van der Waals surface area contributed by atoms with Crippen molar-refractivity contribution < 1.29 is 14.7 Å². The van der Waals surface area contributed by atoms with Crippen molar-refractivity contribution in [3.05, 3.63) is 0 Å². The van der Waals surface area contributed by atoms with Gasteiger partial charge in [0.1, 0.15) is 0 Å². The van der Waals surface area contributed by atoms with Gasteiger partial charge in [-0.3, -0.25) is 9.59 Å². The lowest BCUT2D eigenvalue weighted by Crippen LogP contribution is -2.46. The topological polar surface area (TPSA) is 69.6 Å². The Morgan fingerprint density at radius 1 is 1.28 bits per heavy atom. The highest BCUT2D eigenvalue weighted by Gasteiger charge is 2.24. The summed E-state index contributed by atoms with van der Waals surface area (Å²) in [6.45, 7) is 6.95. The molecule has 2 unspecified atom stereocenters. The highest BCUT2D eigenvalue weighted by molar-refractivity contribution is 5.78. The molecular formula is C13H24N2O3. The van der Waals surface area contributed by atoms with Crippen LogP contribution < -0.4 is 5.32 Å². The smallest absolute Gasteiger partial charge is 0.303 e. The monoisotopic (exact) mass is 256 g/mol. The van der Waals surface area contributed by atoms with Gasteiger partial charge >= 0.3 is 5.97 Å². The van der Waals surface area contributed by atoms with Crippen LogP contribution in [0.3, 0.4) is 0 Å². The van der Waals surface area contributed by atoms with Gasteiger partial charge in [0.2, 0.25) is 5.91 Å². The van der Waals surface area contributed by atoms with Crippen LogP contribution in [0.25, 0.3) is 0 Å². The molecule has 0 spiro atoms. The van der Waals surface area contributed by atoms with E-state index in [2.05, 4.69) is 19.2 Å². The molecule has 0 aromatic heterocycles. The first-order valence-electron chi connectivity index (χ1n) is 6.69. The van der Waals surface area contributed by atoms with Crippen molar-refractivity contribution in [3.63, 3.8) is 0 Å². The zero-order chi connectivity index (χ0) is 13.5. The molecule has 0 bridgehead atoms. The van der Waals surface area contributed by atoms with Gasteiger partial charge in [0, 0.05) is 19.5 Å². The maximum atomic E-state index is 11.9. The van der Waals surface area contributed by atoms with Crippen LogP contribution in [0.5, 0.6) is 0 Å². The summed E-state index contributed by atoms with van der Waals surface area (Å²) in [5, 5.41) is 11.5. The van der Waals surface area contributed by atoms with Gasteiger partial charge in [-0.1, -0.05) is 13.8 Å². The zero-order valence-electron chi connectivity index (χ0n) is 11.3. The Hall–Kier alpha value is -1.10. The fraction of sp³-hybridized carbons (Fsp3) is 0.846. The standard InChI is InChI=1S/C13H24N2O3/c1-10-6-11(2)9-15(8-10)12(16)7-14-5-3-4-13(17)18/h10-11,14H,3-9H2,1-2H3,(H,17,18). The van der Waals surface area contributed by atoms with Crippen molar-refractivity contribution in [3.8, 4) is 0 Å². The van der Waals surface area contributed by atoms with E-state index in [0.29, 0.717) is 31.3 Å². The Kier molecular flexibility index (Phi) is 6.12. The predicted octanol–water partition coefficient (Wildman–Crippen LogP) is 0.945. The van der Waals surface area contributed by atoms with Gasteiger partial charge < -0.3 is 15.3 Å². The number of amides is 1. The predicted molar refractivity (Wildman–Crippen MR) is 69.3 cm³/mol. The summed E-state index contributed by atoms with van der Waals surface area (Å²) < 4.78 is 0. The zero-order valence-corrected chi connectivity index (χ0v) is 11.3. The molecule has 0 aliphatic carbocycles. The summed E-state index contributed by atoms with van der Waals surface area (Å²) in [6, 6.07) is 0. The summed E-state index contributed by atoms with van der Waals surface area (Å²) in [5.74, 6) is 0.486. The van der Waals surface area contributed by atoms with E-state index in [-0.39, 0.29) is 12.3 Å². The number of piperidine rings is 1. The van der Waals surface area contributed by atoms with Crippen LogP contribution in [0.15, 0.2) is 0 Å². The van der Waals surface area contributed by atoms with Gasteiger partial charge in [-0.25, -0.2) is 0 Å². The molecule has 0 radical (unpaired) electrons. The molecule has 1 rings (SSSR count). The lowest BCUT2D eigenvalue weighted by molar-refractivity contribution is -0.137. The first-order valence-corrected chi connectivity index (χ1v) is 6.69. The number of hydrogen-bond donors (Lipinski definition) is 2. The van der Waals surface area contributed by atoms with Gasteiger partial charge in [-0.2, -0.15) is 0 Å². The quantitative estimate of drug-likeness (QED) is 0.694. The molecule has 5 heteroatoms. The third-order valence-corrected chi connectivity index (χ3v) is 3.24. The van der Waals surface area contributed by atoms with Crippen molar-refractivity contribution in [2.24, 2.45) is 11.8 Å². The second-order valence-electron chi connectivity index (χ2n) is 5.42. The van der Waals surface area contributed by atoms with Crippen molar-refractivity contribution in [2.75, 3.05) is 26.2 Å². The van der Waals surface area contributed by atoms with Crippen LogP contribution in [0.1, 0.15) is 33.1 Å². The number of carboxylic acids is 1. The lowest BCUT2D eigenvalue weighted by Gasteiger charge is -2.35. The Balaban J connectivity index is 2.18. The number of nitrogens with zero attached hydrogens (tertiary/aromatic N) is 1. The Labute approximate surface area is 109 Å². The van der Waals surface area contributed by atoms with E-state index < -0.39 is 5.97 Å². The molecule has 1 saturated heterocycles. The third-order valence-electron chi connectivity index (χ3n) is 3.24. The number of carboxylic acid groups (broad SMARTS) is 1. The molecule has 0 aromatic rings. The van der Waals surface area contributed by atoms with E-state index in [1.165, 1.54) is 6.42 Å². The summed E-state index contributed by atoms with van der Waals surface area (Å²) in [7, 11) is 0. The average molecular weight is 256 g/mol. The minimum Gasteiger partial charge on any atom is -0.481 e. The number of hydrogen-bond acceptors (Lipinski definition) is 3. The summed E-state index contributed by atoms with van der Waals surface area (Å²) in [5.41, 5.74) is 0. The molecule has 2 atom stereocenters. The van der Waals surface area contributed by atoms with E-state index in [4.69, 9.17) is 5.11 Å². The fourth-order valence-corrected chi connectivity index (χ4v) is 2.54. The van der Waals surface area contributed by atoms with Gasteiger partial charge in [0.15, 0.2) is 0 Å². The Morgan fingerprint density at radius 3 is 2.44 bits per heavy atom. The Morgan fingerprint density at radius 2 is 1.89 bits per heavy atom. The number of rotatable bonds is 6. The van der Waals surface area contributed by atoms with Crippen LogP contribution in [0.4, 0.5) is 0 Å². The van der Waals surface area contributed by atoms with E-state index in [9.17, 15) is 9.59 Å². The summed E-state index contributed by atoms with van der Waals surface area (Å²) in [6.07, 6.45) is 1.91. The van der Waals surface area contributed by atoms with E-state index in [1.54, 1.807) is 0 Å². The van der Waals surface area contributed by atoms with Gasteiger partial charge in [0.25, 0.3) is 0 Å². The third kappa shape index (κ3) is 5.49. The highest BCUT2D eigenvalue weighted by atomic mass is 16.4. The van der Waals surface area contributed by atoms with Crippen molar-refractivity contribution in [2.45, 2.75) is 33.1 Å². The molecule has 104 valence electrons. The van der Waals surface area contributed by atoms with Crippen LogP contribution in [-0.2, 0) is 9.59 Å². The molecule has 1 aliphatic heterocycles. The molecule has 2 N–H and O–H groups in total. The average Bonchev–Trinajstić information content (AvgIpc) is 2.26. The lowest BCUT2D eigenvalue weighted by atomic mass is 9.92. The van der Waals surface area contributed by atoms with E-state index in [1.807, 2.05) is 4.90 Å². The van der Waals surface area contributed by atoms with Crippen LogP contribution in [-0.4, -0.2) is 48.1 Å². The van der Waals surface area contributed by atoms with Crippen LogP contribution >= 0.6 is 0 Å². The van der Waals surface area contributed by atoms with Crippen molar-refractivity contribution >= 4 is 11.9 Å². The molecule has 5 nitrogen and oxygen atoms in total. The second-order valence-corrected chi connectivity index (χ2v) is 5.42. The van der Waals surface area contributed by atoms with Crippen LogP contribution in [0, 0.1) is 11.8 Å². The van der Waals surface area contributed by atoms with Gasteiger partial charge in [-0.05, 0) is 31.2 Å². The molecule has 1 aliphatic rings. The molecule has 1 heterocycles. The molecule has 0 aromatic carbocycles. The van der Waals surface area contributed by atoms with Crippen molar-refractivity contribution in [1.29, 1.82) is 0 Å². The van der Waals surface area contributed by atoms with E-state index >= 15 is 0 Å². The Bertz CT molecular complexity index is 284. The first-order chi connectivity index (χ1) is 8.49. The largest absolute Gasteiger partial charge is 0.481 e. The minimum absolute atomic E-state index is 0.128. The second kappa shape index (κ2) is 7.36. The summed E-state index contributed by atoms with van der Waals surface area (Å²) in [4.78, 5) is 24.2. The van der Waals surface area contributed by atoms with Gasteiger partial charge in [0.05, 0.1) is 6.54 Å². The molecule has 18 heavy (non-hydrogen) atoms. The maximum Gasteiger partial charge on any atom is 0.303 e. The van der Waals surface area contributed by atoms with Crippen molar-refractivity contribution in [1.82, 2.24) is 10.2 Å². The SMILES string of the molecule is CC1CC(C)CN(C(=O)CNCCCC(=O)O)C1. The molecular weight excluding hydrogens is 232 g/mol. The number of carbonyl (C=O) groups excluding carboxylic acids is 1. The first kappa shape index (κ1) is 15.0. The molecule has 1 fully saturated rings. The number of nitrogens with one attached hydrogen (secondary N) is 1. The normalized spacial score (nSPS) is 24.0. The minimum atomic E-state index is -0.790. The number of carbonyl (C=O) groups is 2. The summed E-state index contributed by atoms with van der Waals surface area (Å²) >= 11 is 0. The molecule has 1 amide bonds. The number of aliphatic carboxylic acids is 1. The fourth-order valence-electron chi connectivity index (χ4n) is 2.54. The van der Waals surface area contributed by atoms with Gasteiger partial charge in [-0.15, -0.1) is 0 Å². The van der Waals surface area contributed by atoms with Crippen LogP contribution in [0.2, 0.25) is 0 Å². The maximum absolute atomic E-state index is 11.9. The van der Waals surface area contributed by atoms with E-state index in [0.717, 1.165) is 13.1 Å². The molecule has 0 saturated carbocycles. The highest BCUT2D eigenvalue weighted by Crippen LogP contribution is 2.20.